The monoisotopic (exact) mass is 483 g/mol. The van der Waals surface area contributed by atoms with E-state index < -0.39 is 0 Å². The zero-order valence-electron chi connectivity index (χ0n) is 16.4. The van der Waals surface area contributed by atoms with Crippen LogP contribution < -0.4 is 11.1 Å². The number of likely N-dealkylation sites (N-methyl/N-ethyl adjacent to an activating group) is 1. The molecule has 2 aromatic heterocycles. The number of rotatable bonds is 6. The van der Waals surface area contributed by atoms with E-state index in [-0.39, 0.29) is 24.0 Å². The van der Waals surface area contributed by atoms with Gasteiger partial charge in [0.05, 0.1) is 12.2 Å². The second-order valence-corrected chi connectivity index (χ2v) is 6.87. The average molecular weight is 483 g/mol. The van der Waals surface area contributed by atoms with Crippen molar-refractivity contribution in [1.82, 2.24) is 25.0 Å². The van der Waals surface area contributed by atoms with Gasteiger partial charge in [0.15, 0.2) is 11.8 Å². The minimum absolute atomic E-state index is 0. The molecule has 0 aromatic carbocycles. The minimum Gasteiger partial charge on any atom is -0.370 e. The summed E-state index contributed by atoms with van der Waals surface area (Å²) in [5, 5.41) is 7.71. The molecule has 3 rings (SSSR count). The molecule has 1 fully saturated rings. The largest absolute Gasteiger partial charge is 0.370 e. The molecule has 0 bridgehead atoms. The predicted octanol–water partition coefficient (Wildman–Crippen LogP) is 2.39. The first kappa shape index (κ1) is 21.6. The van der Waals surface area contributed by atoms with Crippen molar-refractivity contribution < 1.29 is 0 Å². The fraction of sp³-hybridized carbons (Fsp3) is 0.526. The number of nitrogens with zero attached hydrogens (tertiary/aromatic N) is 5. The lowest BCUT2D eigenvalue weighted by atomic mass is 10.2. The molecule has 0 radical (unpaired) electrons. The number of aromatic nitrogens is 3. The Morgan fingerprint density at radius 3 is 2.81 bits per heavy atom. The highest BCUT2D eigenvalue weighted by molar-refractivity contribution is 14.0. The summed E-state index contributed by atoms with van der Waals surface area (Å²) in [5.74, 6) is 1.31. The van der Waals surface area contributed by atoms with Gasteiger partial charge in [0, 0.05) is 24.5 Å². The Balaban J connectivity index is 0.00000261. The number of pyridine rings is 1. The highest BCUT2D eigenvalue weighted by Gasteiger charge is 2.22. The maximum atomic E-state index is 6.02. The van der Waals surface area contributed by atoms with Crippen molar-refractivity contribution in [2.24, 2.45) is 10.7 Å². The van der Waals surface area contributed by atoms with Gasteiger partial charge in [-0.3, -0.25) is 4.90 Å². The van der Waals surface area contributed by atoms with Crippen LogP contribution in [-0.2, 0) is 6.54 Å². The maximum absolute atomic E-state index is 6.02. The summed E-state index contributed by atoms with van der Waals surface area (Å²) >= 11 is 0. The van der Waals surface area contributed by atoms with Crippen molar-refractivity contribution in [3.8, 4) is 5.82 Å². The SMILES string of the molecule is CCN1CCCC1CNC(N)=NCc1ccc(-n2nc(C)cc2C)nc1.I. The van der Waals surface area contributed by atoms with Crippen LogP contribution in [0.15, 0.2) is 29.4 Å². The molecule has 0 aliphatic carbocycles. The molecule has 3 heterocycles. The van der Waals surface area contributed by atoms with Gasteiger partial charge in [-0.2, -0.15) is 5.10 Å². The summed E-state index contributed by atoms with van der Waals surface area (Å²) in [4.78, 5) is 11.4. The van der Waals surface area contributed by atoms with E-state index in [4.69, 9.17) is 5.73 Å². The molecule has 1 unspecified atom stereocenters. The Labute approximate surface area is 178 Å². The molecule has 2 aromatic rings. The lowest BCUT2D eigenvalue weighted by Crippen LogP contribution is -2.42. The molecule has 7 nitrogen and oxygen atoms in total. The van der Waals surface area contributed by atoms with Crippen LogP contribution in [0, 0.1) is 13.8 Å². The third-order valence-electron chi connectivity index (χ3n) is 4.89. The molecule has 148 valence electrons. The molecule has 0 amide bonds. The van der Waals surface area contributed by atoms with Gasteiger partial charge < -0.3 is 11.1 Å². The zero-order valence-corrected chi connectivity index (χ0v) is 18.7. The minimum atomic E-state index is 0. The fourth-order valence-electron chi connectivity index (χ4n) is 3.49. The number of nitrogens with two attached hydrogens (primary N) is 1. The Kier molecular flexibility index (Phi) is 8.03. The van der Waals surface area contributed by atoms with E-state index in [0.29, 0.717) is 18.5 Å². The standard InChI is InChI=1S/C19H29N7.HI/c1-4-25-9-5-6-17(25)13-23-19(20)22-12-16-7-8-18(21-11-16)26-15(3)10-14(2)24-26;/h7-8,10-11,17H,4-6,9,12-13H2,1-3H3,(H3,20,22,23);1H. The summed E-state index contributed by atoms with van der Waals surface area (Å²) in [6.07, 6.45) is 4.33. The van der Waals surface area contributed by atoms with Crippen molar-refractivity contribution in [2.45, 2.75) is 46.2 Å². The zero-order chi connectivity index (χ0) is 18.5. The van der Waals surface area contributed by atoms with Crippen molar-refractivity contribution in [2.75, 3.05) is 19.6 Å². The second-order valence-electron chi connectivity index (χ2n) is 6.87. The summed E-state index contributed by atoms with van der Waals surface area (Å²) < 4.78 is 1.85. The molecule has 1 atom stereocenters. The topological polar surface area (TPSA) is 84.4 Å². The summed E-state index contributed by atoms with van der Waals surface area (Å²) in [7, 11) is 0. The number of halogens is 1. The van der Waals surface area contributed by atoms with E-state index in [9.17, 15) is 0 Å². The van der Waals surface area contributed by atoms with Gasteiger partial charge in [-0.1, -0.05) is 13.0 Å². The molecular formula is C19H30IN7. The van der Waals surface area contributed by atoms with Crippen LogP contribution in [0.1, 0.15) is 36.7 Å². The number of likely N-dealkylation sites (tertiary alicyclic amines) is 1. The first-order chi connectivity index (χ1) is 12.6. The Morgan fingerprint density at radius 1 is 1.37 bits per heavy atom. The molecule has 3 N–H and O–H groups in total. The van der Waals surface area contributed by atoms with Gasteiger partial charge >= 0.3 is 0 Å². The summed E-state index contributed by atoms with van der Waals surface area (Å²) in [6.45, 7) is 9.87. The fourth-order valence-corrected chi connectivity index (χ4v) is 3.49. The van der Waals surface area contributed by atoms with E-state index in [0.717, 1.165) is 35.9 Å². The first-order valence-corrected chi connectivity index (χ1v) is 9.33. The third kappa shape index (κ3) is 5.65. The molecule has 0 spiro atoms. The Bertz CT molecular complexity index is 754. The van der Waals surface area contributed by atoms with Crippen molar-refractivity contribution >= 4 is 29.9 Å². The quantitative estimate of drug-likeness (QED) is 0.375. The molecule has 27 heavy (non-hydrogen) atoms. The van der Waals surface area contributed by atoms with Crippen molar-refractivity contribution in [1.29, 1.82) is 0 Å². The molecule has 0 saturated carbocycles. The number of aryl methyl sites for hydroxylation is 2. The molecule has 8 heteroatoms. The van der Waals surface area contributed by atoms with Gasteiger partial charge in [0.2, 0.25) is 0 Å². The highest BCUT2D eigenvalue weighted by atomic mass is 127. The summed E-state index contributed by atoms with van der Waals surface area (Å²) in [5.41, 5.74) is 9.10. The predicted molar refractivity (Wildman–Crippen MR) is 120 cm³/mol. The van der Waals surface area contributed by atoms with E-state index in [2.05, 4.69) is 32.2 Å². The van der Waals surface area contributed by atoms with Crippen molar-refractivity contribution in [3.05, 3.63) is 41.3 Å². The number of hydrogen-bond acceptors (Lipinski definition) is 4. The van der Waals surface area contributed by atoms with E-state index in [1.54, 1.807) is 0 Å². The first-order valence-electron chi connectivity index (χ1n) is 9.33. The molecule has 1 saturated heterocycles. The van der Waals surface area contributed by atoms with Crippen LogP contribution in [0.25, 0.3) is 5.82 Å². The van der Waals surface area contributed by atoms with Crippen LogP contribution in [0.2, 0.25) is 0 Å². The van der Waals surface area contributed by atoms with Gasteiger partial charge in [-0.05, 0) is 57.5 Å². The number of guanidine groups is 1. The lowest BCUT2D eigenvalue weighted by molar-refractivity contribution is 0.267. The van der Waals surface area contributed by atoms with Crippen LogP contribution in [0.5, 0.6) is 0 Å². The molecule has 1 aliphatic rings. The third-order valence-corrected chi connectivity index (χ3v) is 4.89. The van der Waals surface area contributed by atoms with Crippen LogP contribution >= 0.6 is 24.0 Å². The van der Waals surface area contributed by atoms with Crippen LogP contribution in [-0.4, -0.2) is 51.3 Å². The van der Waals surface area contributed by atoms with Gasteiger partial charge in [-0.25, -0.2) is 14.7 Å². The van der Waals surface area contributed by atoms with Crippen molar-refractivity contribution in [3.63, 3.8) is 0 Å². The van der Waals surface area contributed by atoms with Crippen LogP contribution in [0.3, 0.4) is 0 Å². The smallest absolute Gasteiger partial charge is 0.188 e. The molecule has 1 aliphatic heterocycles. The average Bonchev–Trinajstić information content (AvgIpc) is 3.24. The van der Waals surface area contributed by atoms with Gasteiger partial charge in [0.25, 0.3) is 0 Å². The number of aliphatic imine (C=N–C) groups is 1. The lowest BCUT2D eigenvalue weighted by Gasteiger charge is -2.23. The van der Waals surface area contributed by atoms with E-state index in [1.807, 2.05) is 42.9 Å². The number of hydrogen-bond donors (Lipinski definition) is 2. The normalized spacial score (nSPS) is 17.7. The second kappa shape index (κ2) is 10.0. The maximum Gasteiger partial charge on any atom is 0.188 e. The van der Waals surface area contributed by atoms with E-state index >= 15 is 0 Å². The van der Waals surface area contributed by atoms with Gasteiger partial charge in [0.1, 0.15) is 0 Å². The Hall–Kier alpha value is -1.68. The Morgan fingerprint density at radius 2 is 2.19 bits per heavy atom. The van der Waals surface area contributed by atoms with E-state index in [1.165, 1.54) is 19.4 Å². The van der Waals surface area contributed by atoms with Gasteiger partial charge in [-0.15, -0.1) is 24.0 Å². The highest BCUT2D eigenvalue weighted by Crippen LogP contribution is 2.15. The number of nitrogens with one attached hydrogen (secondary N) is 1. The molecular weight excluding hydrogens is 453 g/mol. The summed E-state index contributed by atoms with van der Waals surface area (Å²) in [6, 6.07) is 6.59. The van der Waals surface area contributed by atoms with Crippen LogP contribution in [0.4, 0.5) is 0 Å².